The molecule has 0 atom stereocenters. The van der Waals surface area contributed by atoms with Gasteiger partial charge in [0.05, 0.1) is 30.5 Å². The second-order valence-electron chi connectivity index (χ2n) is 5.98. The van der Waals surface area contributed by atoms with Gasteiger partial charge in [0.2, 0.25) is 0 Å². The summed E-state index contributed by atoms with van der Waals surface area (Å²) in [6.45, 7) is 4.10. The first-order valence-corrected chi connectivity index (χ1v) is 8.87. The molecule has 2 aromatic rings. The number of piperazine rings is 1. The number of hydrogen-bond donors (Lipinski definition) is 1. The lowest BCUT2D eigenvalue weighted by atomic mass is 10.2. The second-order valence-corrected chi connectivity index (χ2v) is 6.90. The van der Waals surface area contributed by atoms with Gasteiger partial charge in [-0.3, -0.25) is 14.5 Å². The van der Waals surface area contributed by atoms with Gasteiger partial charge in [0.1, 0.15) is 10.5 Å². The number of amides is 1. The van der Waals surface area contributed by atoms with Gasteiger partial charge in [-0.15, -0.1) is 11.3 Å². The molecule has 7 nitrogen and oxygen atoms in total. The molecule has 4 heterocycles. The summed E-state index contributed by atoms with van der Waals surface area (Å²) in [6, 6.07) is 1.87. The number of nitrogens with zero attached hydrogens (tertiary/aromatic N) is 3. The van der Waals surface area contributed by atoms with Crippen molar-refractivity contribution in [3.05, 3.63) is 39.5 Å². The van der Waals surface area contributed by atoms with E-state index in [2.05, 4.69) is 14.9 Å². The van der Waals surface area contributed by atoms with Crippen molar-refractivity contribution in [3.63, 3.8) is 0 Å². The van der Waals surface area contributed by atoms with Gasteiger partial charge in [0.25, 0.3) is 11.5 Å². The molecule has 24 heavy (non-hydrogen) atoms. The monoisotopic (exact) mass is 346 g/mol. The van der Waals surface area contributed by atoms with Gasteiger partial charge in [-0.25, -0.2) is 4.98 Å². The second kappa shape index (κ2) is 6.37. The summed E-state index contributed by atoms with van der Waals surface area (Å²) in [6.07, 6.45) is 2.28. The molecule has 4 rings (SSSR count). The summed E-state index contributed by atoms with van der Waals surface area (Å²) in [4.78, 5) is 35.8. The molecule has 0 saturated carbocycles. The van der Waals surface area contributed by atoms with Gasteiger partial charge < -0.3 is 14.6 Å². The molecular weight excluding hydrogens is 328 g/mol. The highest BCUT2D eigenvalue weighted by molar-refractivity contribution is 7.17. The summed E-state index contributed by atoms with van der Waals surface area (Å²) in [5.41, 5.74) is 1.44. The molecule has 2 aliphatic heterocycles. The molecule has 1 saturated heterocycles. The zero-order valence-corrected chi connectivity index (χ0v) is 14.0. The first-order valence-electron chi connectivity index (χ1n) is 7.99. The van der Waals surface area contributed by atoms with Crippen LogP contribution in [0.3, 0.4) is 0 Å². The Morgan fingerprint density at radius 2 is 2.17 bits per heavy atom. The van der Waals surface area contributed by atoms with E-state index < -0.39 is 0 Å². The number of nitrogens with one attached hydrogen (secondary N) is 1. The van der Waals surface area contributed by atoms with Gasteiger partial charge in [0, 0.05) is 32.6 Å². The molecular formula is C16H18N4O3S. The van der Waals surface area contributed by atoms with Crippen LogP contribution >= 0.6 is 11.3 Å². The third-order valence-corrected chi connectivity index (χ3v) is 5.29. The Morgan fingerprint density at radius 1 is 1.33 bits per heavy atom. The normalized spacial score (nSPS) is 18.7. The highest BCUT2D eigenvalue weighted by Crippen LogP contribution is 2.17. The maximum atomic E-state index is 12.3. The Bertz CT molecular complexity index is 848. The molecule has 0 aromatic carbocycles. The standard InChI is InChI=1S/C16H18N4O3S/c21-15-14-12(2-8-24-14)17-13(18-15)9-19-3-5-20(6-4-19)16(22)11-1-7-23-10-11/h2,8,10H,1,3-7,9H2,(H,17,18,21). The lowest BCUT2D eigenvalue weighted by molar-refractivity contribution is -0.129. The van der Waals surface area contributed by atoms with Crippen molar-refractivity contribution in [1.82, 2.24) is 19.8 Å². The average Bonchev–Trinajstić information content (AvgIpc) is 3.26. The molecule has 1 N–H and O–H groups in total. The van der Waals surface area contributed by atoms with E-state index in [1.165, 1.54) is 11.3 Å². The summed E-state index contributed by atoms with van der Waals surface area (Å²) in [7, 11) is 0. The molecule has 0 spiro atoms. The molecule has 1 amide bonds. The number of fused-ring (bicyclic) bond motifs is 1. The van der Waals surface area contributed by atoms with Gasteiger partial charge in [-0.1, -0.05) is 0 Å². The van der Waals surface area contributed by atoms with E-state index in [1.807, 2.05) is 16.3 Å². The van der Waals surface area contributed by atoms with Crippen LogP contribution in [0.2, 0.25) is 0 Å². The van der Waals surface area contributed by atoms with Crippen LogP contribution in [0.4, 0.5) is 0 Å². The Labute approximate surface area is 142 Å². The first-order chi connectivity index (χ1) is 11.7. The zero-order valence-electron chi connectivity index (χ0n) is 13.2. The first kappa shape index (κ1) is 15.3. The Hall–Kier alpha value is -2.19. The fourth-order valence-electron chi connectivity index (χ4n) is 3.07. The molecule has 0 radical (unpaired) electrons. The van der Waals surface area contributed by atoms with Crippen molar-refractivity contribution in [3.8, 4) is 0 Å². The van der Waals surface area contributed by atoms with Crippen LogP contribution in [0.5, 0.6) is 0 Å². The molecule has 2 aromatic heterocycles. The molecule has 0 aliphatic carbocycles. The quantitative estimate of drug-likeness (QED) is 0.895. The number of aromatic amines is 1. The van der Waals surface area contributed by atoms with Crippen LogP contribution in [-0.2, 0) is 16.1 Å². The van der Waals surface area contributed by atoms with Crippen LogP contribution in [0, 0.1) is 0 Å². The lowest BCUT2D eigenvalue weighted by Crippen LogP contribution is -2.48. The van der Waals surface area contributed by atoms with E-state index in [1.54, 1.807) is 6.26 Å². The number of carbonyl (C=O) groups is 1. The summed E-state index contributed by atoms with van der Waals surface area (Å²) >= 11 is 1.40. The summed E-state index contributed by atoms with van der Waals surface area (Å²) in [5.74, 6) is 0.760. The molecule has 126 valence electrons. The summed E-state index contributed by atoms with van der Waals surface area (Å²) in [5, 5.41) is 1.88. The van der Waals surface area contributed by atoms with Crippen molar-refractivity contribution in [2.75, 3.05) is 32.8 Å². The highest BCUT2D eigenvalue weighted by Gasteiger charge is 2.25. The van der Waals surface area contributed by atoms with E-state index in [-0.39, 0.29) is 11.5 Å². The van der Waals surface area contributed by atoms with Gasteiger partial charge in [-0.2, -0.15) is 0 Å². The van der Waals surface area contributed by atoms with Crippen LogP contribution in [0.15, 0.2) is 28.1 Å². The van der Waals surface area contributed by atoms with Crippen molar-refractivity contribution in [1.29, 1.82) is 0 Å². The minimum absolute atomic E-state index is 0.0769. The Balaban J connectivity index is 1.38. The largest absolute Gasteiger partial charge is 0.500 e. The topological polar surface area (TPSA) is 78.5 Å². The van der Waals surface area contributed by atoms with E-state index in [4.69, 9.17) is 4.74 Å². The maximum Gasteiger partial charge on any atom is 0.268 e. The number of ether oxygens (including phenoxy) is 1. The fraction of sp³-hybridized carbons (Fsp3) is 0.438. The minimum atomic E-state index is -0.0769. The van der Waals surface area contributed by atoms with Crippen LogP contribution < -0.4 is 5.56 Å². The Kier molecular flexibility index (Phi) is 4.07. The number of H-pyrrole nitrogens is 1. The molecule has 1 fully saturated rings. The van der Waals surface area contributed by atoms with Crippen molar-refractivity contribution in [2.45, 2.75) is 13.0 Å². The van der Waals surface area contributed by atoms with Crippen molar-refractivity contribution in [2.24, 2.45) is 0 Å². The average molecular weight is 346 g/mol. The molecule has 0 unspecified atom stereocenters. The molecule has 2 aliphatic rings. The molecule has 0 bridgehead atoms. The highest BCUT2D eigenvalue weighted by atomic mass is 32.1. The van der Waals surface area contributed by atoms with E-state index in [9.17, 15) is 9.59 Å². The number of aromatic nitrogens is 2. The smallest absolute Gasteiger partial charge is 0.268 e. The maximum absolute atomic E-state index is 12.3. The van der Waals surface area contributed by atoms with Gasteiger partial charge in [0.15, 0.2) is 0 Å². The Morgan fingerprint density at radius 3 is 2.92 bits per heavy atom. The number of thiophene rings is 1. The summed E-state index contributed by atoms with van der Waals surface area (Å²) < 4.78 is 5.82. The third-order valence-electron chi connectivity index (χ3n) is 4.39. The van der Waals surface area contributed by atoms with Gasteiger partial charge in [-0.05, 0) is 11.4 Å². The SMILES string of the molecule is O=C(C1=COCC1)N1CCN(Cc2nc3ccsc3c(=O)[nH]2)CC1. The molecule has 8 heteroatoms. The van der Waals surface area contributed by atoms with Crippen LogP contribution in [0.25, 0.3) is 10.2 Å². The predicted molar refractivity (Wildman–Crippen MR) is 90.7 cm³/mol. The third kappa shape index (κ3) is 2.94. The number of carbonyl (C=O) groups excluding carboxylic acids is 1. The van der Waals surface area contributed by atoms with E-state index in [0.29, 0.717) is 43.2 Å². The fourth-order valence-corrected chi connectivity index (χ4v) is 3.79. The van der Waals surface area contributed by atoms with E-state index >= 15 is 0 Å². The van der Waals surface area contributed by atoms with Crippen LogP contribution in [-0.4, -0.2) is 58.5 Å². The van der Waals surface area contributed by atoms with Crippen molar-refractivity contribution < 1.29 is 9.53 Å². The number of hydrogen-bond acceptors (Lipinski definition) is 6. The van der Waals surface area contributed by atoms with Crippen molar-refractivity contribution >= 4 is 27.5 Å². The zero-order chi connectivity index (χ0) is 16.5. The lowest BCUT2D eigenvalue weighted by Gasteiger charge is -2.34. The number of rotatable bonds is 3. The predicted octanol–water partition coefficient (Wildman–Crippen LogP) is 0.933. The minimum Gasteiger partial charge on any atom is -0.500 e. The van der Waals surface area contributed by atoms with Gasteiger partial charge >= 0.3 is 0 Å². The van der Waals surface area contributed by atoms with Crippen LogP contribution in [0.1, 0.15) is 12.2 Å². The van der Waals surface area contributed by atoms with E-state index in [0.717, 1.165) is 24.2 Å².